The van der Waals surface area contributed by atoms with Crippen molar-refractivity contribution in [3.05, 3.63) is 29.8 Å². The third-order valence-electron chi connectivity index (χ3n) is 6.85. The highest BCUT2D eigenvalue weighted by molar-refractivity contribution is 14.0. The molecule has 1 N–H and O–H groups in total. The summed E-state index contributed by atoms with van der Waals surface area (Å²) in [6.45, 7) is 5.16. The van der Waals surface area contributed by atoms with Gasteiger partial charge in [0.15, 0.2) is 5.96 Å². The van der Waals surface area contributed by atoms with Crippen molar-refractivity contribution in [3.63, 3.8) is 0 Å². The van der Waals surface area contributed by atoms with Crippen molar-refractivity contribution in [2.45, 2.75) is 37.1 Å². The lowest BCUT2D eigenvalue weighted by atomic mass is 9.68. The molecule has 2 aliphatic heterocycles. The molecule has 1 aromatic carbocycles. The molecule has 0 unspecified atom stereocenters. The number of likely N-dealkylation sites (N-methyl/N-ethyl adjacent to an activating group) is 1. The Bertz CT molecular complexity index is 864. The average molecular weight is 548 g/mol. The van der Waals surface area contributed by atoms with Gasteiger partial charge in [-0.2, -0.15) is 4.31 Å². The zero-order chi connectivity index (χ0) is 20.5. The second-order valence-electron chi connectivity index (χ2n) is 8.74. The number of rotatable bonds is 4. The van der Waals surface area contributed by atoms with Crippen LogP contribution in [0.4, 0.5) is 0 Å². The first-order chi connectivity index (χ1) is 13.9. The van der Waals surface area contributed by atoms with Gasteiger partial charge in [0.2, 0.25) is 10.0 Å². The number of piperazine rings is 1. The second-order valence-corrected chi connectivity index (χ2v) is 10.6. The zero-order valence-corrected chi connectivity index (χ0v) is 21.2. The van der Waals surface area contributed by atoms with Gasteiger partial charge < -0.3 is 15.1 Å². The van der Waals surface area contributed by atoms with E-state index in [-0.39, 0.29) is 24.0 Å². The van der Waals surface area contributed by atoms with Crippen LogP contribution in [0.15, 0.2) is 34.2 Å². The van der Waals surface area contributed by atoms with Crippen LogP contribution in [0, 0.1) is 5.41 Å². The van der Waals surface area contributed by atoms with Gasteiger partial charge in [0, 0.05) is 52.9 Å². The van der Waals surface area contributed by atoms with Crippen molar-refractivity contribution in [1.29, 1.82) is 0 Å². The first-order valence-electron chi connectivity index (χ1n) is 10.7. The first kappa shape index (κ1) is 23.7. The quantitative estimate of drug-likeness (QED) is 0.356. The summed E-state index contributed by atoms with van der Waals surface area (Å²) >= 11 is 0. The molecule has 0 amide bonds. The van der Waals surface area contributed by atoms with Crippen LogP contribution in [0.3, 0.4) is 0 Å². The minimum Gasteiger partial charge on any atom is -0.352 e. The Morgan fingerprint density at radius 1 is 1.10 bits per heavy atom. The summed E-state index contributed by atoms with van der Waals surface area (Å²) in [4.78, 5) is 9.36. The molecule has 168 valence electrons. The summed E-state index contributed by atoms with van der Waals surface area (Å²) in [5.41, 5.74) is 1.30. The van der Waals surface area contributed by atoms with E-state index < -0.39 is 10.0 Å². The Kier molecular flexibility index (Phi) is 7.68. The number of hydrogen-bond acceptors (Lipinski definition) is 4. The zero-order valence-electron chi connectivity index (χ0n) is 18.0. The minimum atomic E-state index is -3.49. The molecular weight excluding hydrogens is 513 g/mol. The third kappa shape index (κ3) is 4.78. The van der Waals surface area contributed by atoms with Crippen LogP contribution in [0.5, 0.6) is 0 Å². The van der Waals surface area contributed by atoms with Gasteiger partial charge in [-0.25, -0.2) is 8.42 Å². The largest absolute Gasteiger partial charge is 0.352 e. The van der Waals surface area contributed by atoms with Crippen LogP contribution < -0.4 is 5.32 Å². The van der Waals surface area contributed by atoms with Gasteiger partial charge in [0.25, 0.3) is 0 Å². The summed E-state index contributed by atoms with van der Waals surface area (Å²) in [5, 5.41) is 3.42. The van der Waals surface area contributed by atoms with E-state index in [2.05, 4.69) is 20.1 Å². The fraction of sp³-hybridized carbons (Fsp3) is 0.667. The molecule has 0 bridgehead atoms. The standard InChI is InChI=1S/C21H33N5O2S.HI/c1-22-20(25-11-10-21(17-25)8-5-9-21)23-16-18-6-3-4-7-19(18)29(27,28)26-14-12-24(2)13-15-26;/h3-4,6-7H,5,8-17H2,1-2H3,(H,22,23);1H. The molecule has 2 saturated heterocycles. The Morgan fingerprint density at radius 3 is 2.40 bits per heavy atom. The van der Waals surface area contributed by atoms with Crippen molar-refractivity contribution in [1.82, 2.24) is 19.4 Å². The van der Waals surface area contributed by atoms with E-state index in [1.165, 1.54) is 25.7 Å². The van der Waals surface area contributed by atoms with Crippen LogP contribution in [-0.4, -0.2) is 81.8 Å². The molecule has 1 aliphatic carbocycles. The van der Waals surface area contributed by atoms with E-state index in [0.717, 1.165) is 37.7 Å². The van der Waals surface area contributed by atoms with E-state index in [9.17, 15) is 8.42 Å². The lowest BCUT2D eigenvalue weighted by molar-refractivity contribution is 0.151. The second kappa shape index (κ2) is 9.70. The van der Waals surface area contributed by atoms with E-state index in [0.29, 0.717) is 29.9 Å². The molecule has 1 saturated carbocycles. The number of benzene rings is 1. The number of halogens is 1. The number of nitrogens with zero attached hydrogens (tertiary/aromatic N) is 4. The predicted molar refractivity (Wildman–Crippen MR) is 131 cm³/mol. The third-order valence-corrected chi connectivity index (χ3v) is 8.85. The Hall–Kier alpha value is -0.910. The maximum Gasteiger partial charge on any atom is 0.243 e. The molecule has 3 aliphatic rings. The number of nitrogens with one attached hydrogen (secondary N) is 1. The van der Waals surface area contributed by atoms with Crippen molar-refractivity contribution in [2.24, 2.45) is 10.4 Å². The summed E-state index contributed by atoms with van der Waals surface area (Å²) < 4.78 is 28.1. The molecule has 1 aromatic rings. The molecule has 2 heterocycles. The fourth-order valence-corrected chi connectivity index (χ4v) is 6.42. The van der Waals surface area contributed by atoms with Crippen molar-refractivity contribution in [2.75, 3.05) is 53.4 Å². The summed E-state index contributed by atoms with van der Waals surface area (Å²) in [6, 6.07) is 7.34. The normalized spacial score (nSPS) is 22.6. The molecule has 1 spiro atoms. The fourth-order valence-electron chi connectivity index (χ4n) is 4.78. The molecule has 0 aromatic heterocycles. The van der Waals surface area contributed by atoms with Crippen LogP contribution in [0.1, 0.15) is 31.2 Å². The van der Waals surface area contributed by atoms with Gasteiger partial charge in [-0.3, -0.25) is 4.99 Å². The summed E-state index contributed by atoms with van der Waals surface area (Å²) in [7, 11) is 0.344. The molecule has 0 atom stereocenters. The first-order valence-corrected chi connectivity index (χ1v) is 12.1. The highest BCUT2D eigenvalue weighted by Crippen LogP contribution is 2.47. The topological polar surface area (TPSA) is 68.2 Å². The molecular formula is C21H34IN5O2S. The smallest absolute Gasteiger partial charge is 0.243 e. The molecule has 3 fully saturated rings. The van der Waals surface area contributed by atoms with E-state index >= 15 is 0 Å². The van der Waals surface area contributed by atoms with Crippen LogP contribution in [0.2, 0.25) is 0 Å². The molecule has 30 heavy (non-hydrogen) atoms. The van der Waals surface area contributed by atoms with Gasteiger partial charge >= 0.3 is 0 Å². The van der Waals surface area contributed by atoms with Crippen molar-refractivity contribution >= 4 is 40.0 Å². The van der Waals surface area contributed by atoms with Gasteiger partial charge in [0.1, 0.15) is 0 Å². The lowest BCUT2D eigenvalue weighted by Gasteiger charge is -2.38. The van der Waals surface area contributed by atoms with Gasteiger partial charge in [-0.15, -0.1) is 24.0 Å². The van der Waals surface area contributed by atoms with Gasteiger partial charge in [-0.1, -0.05) is 24.6 Å². The lowest BCUT2D eigenvalue weighted by Crippen LogP contribution is -2.47. The Morgan fingerprint density at radius 2 is 1.80 bits per heavy atom. The van der Waals surface area contributed by atoms with E-state index in [1.54, 1.807) is 17.4 Å². The summed E-state index contributed by atoms with van der Waals surface area (Å²) in [5.74, 6) is 0.876. The summed E-state index contributed by atoms with van der Waals surface area (Å²) in [6.07, 6.45) is 5.23. The van der Waals surface area contributed by atoms with Crippen molar-refractivity contribution < 1.29 is 8.42 Å². The van der Waals surface area contributed by atoms with Crippen LogP contribution in [-0.2, 0) is 16.6 Å². The molecule has 4 rings (SSSR count). The van der Waals surface area contributed by atoms with Crippen LogP contribution in [0.25, 0.3) is 0 Å². The SMILES string of the molecule is CN=C(NCc1ccccc1S(=O)(=O)N1CCN(C)CC1)N1CCC2(CCC2)C1.I. The highest BCUT2D eigenvalue weighted by atomic mass is 127. The Balaban J connectivity index is 0.00000256. The number of guanidine groups is 1. The number of likely N-dealkylation sites (tertiary alicyclic amines) is 1. The Labute approximate surface area is 198 Å². The van der Waals surface area contributed by atoms with E-state index in [1.807, 2.05) is 25.2 Å². The molecule has 7 nitrogen and oxygen atoms in total. The molecule has 0 radical (unpaired) electrons. The molecule has 9 heteroatoms. The highest BCUT2D eigenvalue weighted by Gasteiger charge is 2.43. The monoisotopic (exact) mass is 547 g/mol. The van der Waals surface area contributed by atoms with E-state index in [4.69, 9.17) is 0 Å². The maximum atomic E-state index is 13.3. The maximum absolute atomic E-state index is 13.3. The van der Waals surface area contributed by atoms with Gasteiger partial charge in [-0.05, 0) is 43.4 Å². The number of sulfonamides is 1. The minimum absolute atomic E-state index is 0. The number of hydrogen-bond donors (Lipinski definition) is 1. The number of aliphatic imine (C=N–C) groups is 1. The predicted octanol–water partition coefficient (Wildman–Crippen LogP) is 2.19. The van der Waals surface area contributed by atoms with Crippen molar-refractivity contribution in [3.8, 4) is 0 Å². The van der Waals surface area contributed by atoms with Crippen LogP contribution >= 0.6 is 24.0 Å². The van der Waals surface area contributed by atoms with Gasteiger partial charge in [0.05, 0.1) is 4.90 Å². The average Bonchev–Trinajstić information content (AvgIpc) is 3.15.